The van der Waals surface area contributed by atoms with E-state index in [1.807, 2.05) is 25.7 Å². The molecular weight excluding hydrogens is 338 g/mol. The molecule has 0 N–H and O–H groups in total. The SMILES string of the molecule is COCc1cc2c(s1)C1(CCN(C(=O)OC(C)(C)C)C(C)C1)OCC2. The van der Waals surface area contributed by atoms with Gasteiger partial charge in [-0.1, -0.05) is 0 Å². The molecule has 3 rings (SSSR count). The lowest BCUT2D eigenvalue weighted by Crippen LogP contribution is -2.53. The summed E-state index contributed by atoms with van der Waals surface area (Å²) in [5.41, 5.74) is 0.659. The molecule has 3 heterocycles. The van der Waals surface area contributed by atoms with E-state index < -0.39 is 5.60 Å². The van der Waals surface area contributed by atoms with Crippen molar-refractivity contribution >= 4 is 17.4 Å². The van der Waals surface area contributed by atoms with E-state index in [0.717, 1.165) is 25.9 Å². The Bertz CT molecular complexity index is 636. The minimum atomic E-state index is -0.469. The molecule has 1 amide bonds. The van der Waals surface area contributed by atoms with Crippen LogP contribution in [-0.2, 0) is 32.8 Å². The molecule has 1 aromatic rings. The molecule has 0 saturated carbocycles. The van der Waals surface area contributed by atoms with Gasteiger partial charge in [0.1, 0.15) is 11.2 Å². The van der Waals surface area contributed by atoms with Gasteiger partial charge in [-0.3, -0.25) is 0 Å². The van der Waals surface area contributed by atoms with Gasteiger partial charge in [-0.15, -0.1) is 11.3 Å². The molecule has 2 atom stereocenters. The van der Waals surface area contributed by atoms with Gasteiger partial charge in [0.25, 0.3) is 0 Å². The van der Waals surface area contributed by atoms with Crippen LogP contribution in [0.25, 0.3) is 0 Å². The normalized spacial score (nSPS) is 26.6. The summed E-state index contributed by atoms with van der Waals surface area (Å²) in [6.45, 7) is 9.85. The number of carbonyl (C=O) groups is 1. The molecule has 5 nitrogen and oxygen atoms in total. The summed E-state index contributed by atoms with van der Waals surface area (Å²) in [7, 11) is 1.73. The van der Waals surface area contributed by atoms with Gasteiger partial charge in [0, 0.05) is 35.9 Å². The maximum absolute atomic E-state index is 12.5. The molecule has 1 spiro atoms. The van der Waals surface area contributed by atoms with Crippen LogP contribution in [0, 0.1) is 0 Å². The summed E-state index contributed by atoms with van der Waals surface area (Å²) in [6.07, 6.45) is 2.36. The molecule has 1 fully saturated rings. The Kier molecular flexibility index (Phi) is 5.15. The Morgan fingerprint density at radius 3 is 2.88 bits per heavy atom. The zero-order valence-corrected chi connectivity index (χ0v) is 16.7. The van der Waals surface area contributed by atoms with Gasteiger partial charge in [-0.05, 0) is 52.2 Å². The van der Waals surface area contributed by atoms with Crippen LogP contribution in [0.3, 0.4) is 0 Å². The Hall–Kier alpha value is -1.11. The number of hydrogen-bond donors (Lipinski definition) is 0. The second-order valence-corrected chi connectivity index (χ2v) is 9.21. The summed E-state index contributed by atoms with van der Waals surface area (Å²) in [5, 5.41) is 0. The highest BCUT2D eigenvalue weighted by molar-refractivity contribution is 7.12. The summed E-state index contributed by atoms with van der Waals surface area (Å²) in [6, 6.07) is 2.35. The van der Waals surface area contributed by atoms with Gasteiger partial charge in [-0.2, -0.15) is 0 Å². The molecule has 0 aliphatic carbocycles. The monoisotopic (exact) mass is 367 g/mol. The molecule has 2 aliphatic rings. The van der Waals surface area contributed by atoms with Gasteiger partial charge < -0.3 is 19.1 Å². The number of methoxy groups -OCH3 is 1. The van der Waals surface area contributed by atoms with E-state index in [1.165, 1.54) is 15.3 Å². The second-order valence-electron chi connectivity index (χ2n) is 8.07. The minimum absolute atomic E-state index is 0.0857. The molecule has 140 valence electrons. The third kappa shape index (κ3) is 3.86. The fourth-order valence-electron chi connectivity index (χ4n) is 3.83. The van der Waals surface area contributed by atoms with E-state index in [-0.39, 0.29) is 17.7 Å². The lowest BCUT2D eigenvalue weighted by atomic mass is 9.82. The summed E-state index contributed by atoms with van der Waals surface area (Å²) < 4.78 is 17.2. The third-order valence-corrected chi connectivity index (χ3v) is 6.19. The number of carbonyl (C=O) groups excluding carboxylic acids is 1. The number of fused-ring (bicyclic) bond motifs is 2. The van der Waals surface area contributed by atoms with Crippen molar-refractivity contribution in [3.63, 3.8) is 0 Å². The average molecular weight is 368 g/mol. The van der Waals surface area contributed by atoms with Crippen LogP contribution in [0.15, 0.2) is 6.07 Å². The van der Waals surface area contributed by atoms with Crippen molar-refractivity contribution in [3.05, 3.63) is 21.4 Å². The maximum atomic E-state index is 12.5. The van der Waals surface area contributed by atoms with E-state index in [4.69, 9.17) is 14.2 Å². The van der Waals surface area contributed by atoms with Crippen LogP contribution in [0.1, 0.15) is 55.9 Å². The molecule has 2 aliphatic heterocycles. The second kappa shape index (κ2) is 6.89. The van der Waals surface area contributed by atoms with Crippen molar-refractivity contribution in [2.75, 3.05) is 20.3 Å². The molecule has 1 aromatic heterocycles. The average Bonchev–Trinajstić information content (AvgIpc) is 2.90. The quantitative estimate of drug-likeness (QED) is 0.790. The van der Waals surface area contributed by atoms with Crippen molar-refractivity contribution in [1.82, 2.24) is 4.90 Å². The number of likely N-dealkylation sites (tertiary alicyclic amines) is 1. The zero-order chi connectivity index (χ0) is 18.2. The predicted molar refractivity (Wildman–Crippen MR) is 98.0 cm³/mol. The van der Waals surface area contributed by atoms with Gasteiger partial charge in [-0.25, -0.2) is 4.79 Å². The first-order chi connectivity index (χ1) is 11.7. The summed E-state index contributed by atoms with van der Waals surface area (Å²) in [4.78, 5) is 16.9. The van der Waals surface area contributed by atoms with Crippen LogP contribution in [0.5, 0.6) is 0 Å². The fraction of sp³-hybridized carbons (Fsp3) is 0.737. The fourth-order valence-corrected chi connectivity index (χ4v) is 5.20. The van der Waals surface area contributed by atoms with Gasteiger partial charge in [0.15, 0.2) is 0 Å². The third-order valence-electron chi connectivity index (χ3n) is 4.85. The molecule has 2 unspecified atom stereocenters. The molecule has 0 aromatic carbocycles. The molecule has 25 heavy (non-hydrogen) atoms. The van der Waals surface area contributed by atoms with E-state index in [1.54, 1.807) is 18.4 Å². The van der Waals surface area contributed by atoms with Crippen LogP contribution < -0.4 is 0 Å². The van der Waals surface area contributed by atoms with E-state index in [0.29, 0.717) is 13.2 Å². The number of piperidine rings is 1. The van der Waals surface area contributed by atoms with Crippen molar-refractivity contribution in [2.24, 2.45) is 0 Å². The first-order valence-corrected chi connectivity index (χ1v) is 9.80. The highest BCUT2D eigenvalue weighted by atomic mass is 32.1. The molecule has 0 radical (unpaired) electrons. The van der Waals surface area contributed by atoms with E-state index in [9.17, 15) is 4.79 Å². The van der Waals surface area contributed by atoms with Crippen molar-refractivity contribution in [1.29, 1.82) is 0 Å². The van der Waals surface area contributed by atoms with Crippen molar-refractivity contribution in [3.8, 4) is 0 Å². The Morgan fingerprint density at radius 1 is 1.48 bits per heavy atom. The Labute approximate surface area is 154 Å². The molecule has 6 heteroatoms. The van der Waals surface area contributed by atoms with Gasteiger partial charge in [0.05, 0.1) is 13.2 Å². The topological polar surface area (TPSA) is 48.0 Å². The lowest BCUT2D eigenvalue weighted by molar-refractivity contribution is -0.108. The minimum Gasteiger partial charge on any atom is -0.444 e. The van der Waals surface area contributed by atoms with Crippen LogP contribution >= 0.6 is 11.3 Å². The molecular formula is C19H29NO4S. The standard InChI is InChI=1S/C19H29NO4S/c1-13-11-19(7-8-20(13)17(21)24-18(2,3)4)16-14(6-9-23-19)10-15(25-16)12-22-5/h10,13H,6-9,11-12H2,1-5H3. The maximum Gasteiger partial charge on any atom is 0.410 e. The summed E-state index contributed by atoms with van der Waals surface area (Å²) >= 11 is 1.80. The first-order valence-electron chi connectivity index (χ1n) is 8.99. The van der Waals surface area contributed by atoms with Gasteiger partial charge >= 0.3 is 6.09 Å². The van der Waals surface area contributed by atoms with Crippen LogP contribution in [-0.4, -0.2) is 42.9 Å². The first kappa shape index (κ1) is 18.7. The van der Waals surface area contributed by atoms with E-state index in [2.05, 4.69) is 13.0 Å². The molecule has 1 saturated heterocycles. The number of nitrogens with zero attached hydrogens (tertiary/aromatic N) is 1. The largest absolute Gasteiger partial charge is 0.444 e. The van der Waals surface area contributed by atoms with Gasteiger partial charge in [0.2, 0.25) is 0 Å². The molecule has 0 bridgehead atoms. The number of ether oxygens (including phenoxy) is 3. The Balaban J connectivity index is 1.78. The van der Waals surface area contributed by atoms with Crippen LogP contribution in [0.2, 0.25) is 0 Å². The smallest absolute Gasteiger partial charge is 0.410 e. The number of amides is 1. The lowest BCUT2D eigenvalue weighted by Gasteiger charge is -2.46. The number of hydrogen-bond acceptors (Lipinski definition) is 5. The van der Waals surface area contributed by atoms with Crippen molar-refractivity contribution in [2.45, 2.75) is 70.8 Å². The number of rotatable bonds is 2. The van der Waals surface area contributed by atoms with Crippen LogP contribution in [0.4, 0.5) is 4.79 Å². The highest BCUT2D eigenvalue weighted by Gasteiger charge is 2.46. The van der Waals surface area contributed by atoms with E-state index >= 15 is 0 Å². The number of thiophene rings is 1. The van der Waals surface area contributed by atoms with Crippen molar-refractivity contribution < 1.29 is 19.0 Å². The zero-order valence-electron chi connectivity index (χ0n) is 15.9. The Morgan fingerprint density at radius 2 is 2.24 bits per heavy atom. The summed E-state index contributed by atoms with van der Waals surface area (Å²) in [5.74, 6) is 0. The highest BCUT2D eigenvalue weighted by Crippen LogP contribution is 2.47. The predicted octanol–water partition coefficient (Wildman–Crippen LogP) is 4.08.